The molecular formula is C10H8ClNO4S. The van der Waals surface area contributed by atoms with E-state index in [-0.39, 0.29) is 10.5 Å². The number of aromatic carboxylic acids is 1. The van der Waals surface area contributed by atoms with E-state index < -0.39 is 15.0 Å². The van der Waals surface area contributed by atoms with Crippen LogP contribution in [0.4, 0.5) is 0 Å². The molecule has 0 aliphatic heterocycles. The predicted octanol–water partition coefficient (Wildman–Crippen LogP) is 1.80. The highest BCUT2D eigenvalue weighted by Gasteiger charge is 2.18. The number of rotatable bonds is 2. The van der Waals surface area contributed by atoms with Gasteiger partial charge < -0.3 is 9.67 Å². The van der Waals surface area contributed by atoms with E-state index in [1.54, 1.807) is 7.05 Å². The van der Waals surface area contributed by atoms with Crippen molar-refractivity contribution in [3.8, 4) is 0 Å². The Hall–Kier alpha value is -1.53. The fourth-order valence-electron chi connectivity index (χ4n) is 1.67. The van der Waals surface area contributed by atoms with Crippen molar-refractivity contribution in [2.24, 2.45) is 7.05 Å². The first-order valence-electron chi connectivity index (χ1n) is 4.58. The van der Waals surface area contributed by atoms with Gasteiger partial charge in [-0.3, -0.25) is 0 Å². The molecule has 1 aromatic carbocycles. The zero-order chi connectivity index (χ0) is 12.8. The van der Waals surface area contributed by atoms with Gasteiger partial charge in [0.15, 0.2) is 0 Å². The lowest BCUT2D eigenvalue weighted by molar-refractivity contribution is 0.0697. The minimum atomic E-state index is -3.84. The number of hydrogen-bond acceptors (Lipinski definition) is 3. The van der Waals surface area contributed by atoms with Crippen molar-refractivity contribution < 1.29 is 18.3 Å². The number of carboxylic acids is 1. The second-order valence-corrected chi connectivity index (χ2v) is 6.11. The molecule has 17 heavy (non-hydrogen) atoms. The lowest BCUT2D eigenvalue weighted by Gasteiger charge is -1.98. The van der Waals surface area contributed by atoms with Crippen molar-refractivity contribution >= 4 is 36.6 Å². The van der Waals surface area contributed by atoms with Crippen LogP contribution in [0, 0.1) is 0 Å². The first-order chi connectivity index (χ1) is 7.80. The second kappa shape index (κ2) is 3.75. The Morgan fingerprint density at radius 3 is 2.59 bits per heavy atom. The molecule has 7 heteroatoms. The van der Waals surface area contributed by atoms with Gasteiger partial charge in [0, 0.05) is 34.8 Å². The second-order valence-electron chi connectivity index (χ2n) is 3.58. The van der Waals surface area contributed by atoms with Crippen molar-refractivity contribution in [2.75, 3.05) is 0 Å². The highest BCUT2D eigenvalue weighted by atomic mass is 35.7. The van der Waals surface area contributed by atoms with E-state index in [1.165, 1.54) is 29.0 Å². The quantitative estimate of drug-likeness (QED) is 0.847. The summed E-state index contributed by atoms with van der Waals surface area (Å²) in [6, 6.07) is 4.19. The number of carboxylic acid groups (broad SMARTS) is 1. The van der Waals surface area contributed by atoms with Crippen LogP contribution in [0.5, 0.6) is 0 Å². The van der Waals surface area contributed by atoms with Gasteiger partial charge in [-0.15, -0.1) is 0 Å². The molecule has 0 aliphatic carbocycles. The Morgan fingerprint density at radius 1 is 1.41 bits per heavy atom. The van der Waals surface area contributed by atoms with Gasteiger partial charge in [-0.1, -0.05) is 6.07 Å². The number of aryl methyl sites for hydroxylation is 1. The summed E-state index contributed by atoms with van der Waals surface area (Å²) in [6.07, 6.45) is 1.36. The van der Waals surface area contributed by atoms with Gasteiger partial charge >= 0.3 is 5.97 Å². The Bertz CT molecular complexity index is 717. The first-order valence-corrected chi connectivity index (χ1v) is 6.88. The number of benzene rings is 1. The molecule has 0 bridgehead atoms. The van der Waals surface area contributed by atoms with Crippen LogP contribution in [-0.2, 0) is 16.1 Å². The summed E-state index contributed by atoms with van der Waals surface area (Å²) in [5.74, 6) is -1.07. The number of halogens is 1. The molecule has 90 valence electrons. The molecule has 2 aromatic rings. The average Bonchev–Trinajstić information content (AvgIpc) is 2.55. The lowest BCUT2D eigenvalue weighted by atomic mass is 10.2. The average molecular weight is 274 g/mol. The van der Waals surface area contributed by atoms with Gasteiger partial charge in [0.2, 0.25) is 0 Å². The van der Waals surface area contributed by atoms with Crippen molar-refractivity contribution in [2.45, 2.75) is 4.90 Å². The molecule has 1 N–H and O–H groups in total. The number of fused-ring (bicyclic) bond motifs is 1. The monoisotopic (exact) mass is 273 g/mol. The molecule has 0 spiro atoms. The summed E-state index contributed by atoms with van der Waals surface area (Å²) >= 11 is 0. The van der Waals surface area contributed by atoms with E-state index in [2.05, 4.69) is 0 Å². The van der Waals surface area contributed by atoms with Gasteiger partial charge in [0.05, 0.1) is 5.56 Å². The Kier molecular flexibility index (Phi) is 2.63. The molecule has 0 aliphatic rings. The molecule has 0 saturated heterocycles. The van der Waals surface area contributed by atoms with Crippen LogP contribution in [0.15, 0.2) is 29.3 Å². The van der Waals surface area contributed by atoms with Crippen molar-refractivity contribution in [1.82, 2.24) is 4.57 Å². The number of hydrogen-bond donors (Lipinski definition) is 1. The minimum absolute atomic E-state index is 0.0198. The fourth-order valence-corrected chi connectivity index (χ4v) is 2.76. The minimum Gasteiger partial charge on any atom is -0.478 e. The van der Waals surface area contributed by atoms with Gasteiger partial charge in [-0.05, 0) is 12.1 Å². The van der Waals surface area contributed by atoms with Gasteiger partial charge in [-0.2, -0.15) is 0 Å². The highest BCUT2D eigenvalue weighted by Crippen LogP contribution is 2.28. The van der Waals surface area contributed by atoms with Gasteiger partial charge in [-0.25, -0.2) is 13.2 Å². The van der Waals surface area contributed by atoms with Gasteiger partial charge in [0.25, 0.3) is 9.05 Å². The summed E-state index contributed by atoms with van der Waals surface area (Å²) in [6.45, 7) is 0. The smallest absolute Gasteiger partial charge is 0.335 e. The molecule has 0 atom stereocenters. The summed E-state index contributed by atoms with van der Waals surface area (Å²) in [5, 5.41) is 9.26. The molecule has 0 saturated carbocycles. The van der Waals surface area contributed by atoms with Crippen LogP contribution in [0.3, 0.4) is 0 Å². The first kappa shape index (κ1) is 11.9. The maximum atomic E-state index is 11.3. The maximum absolute atomic E-state index is 11.3. The van der Waals surface area contributed by atoms with Crippen LogP contribution >= 0.6 is 10.7 Å². The van der Waals surface area contributed by atoms with E-state index in [0.717, 1.165) is 0 Å². The number of carbonyl (C=O) groups is 1. The summed E-state index contributed by atoms with van der Waals surface area (Å²) in [4.78, 5) is 10.8. The van der Waals surface area contributed by atoms with E-state index in [1.807, 2.05) is 0 Å². The molecular weight excluding hydrogens is 266 g/mol. The Labute approximate surface area is 102 Å². The predicted molar refractivity (Wildman–Crippen MR) is 62.9 cm³/mol. The molecule has 0 radical (unpaired) electrons. The third-order valence-corrected chi connectivity index (χ3v) is 3.81. The van der Waals surface area contributed by atoms with Gasteiger partial charge in [0.1, 0.15) is 4.90 Å². The van der Waals surface area contributed by atoms with E-state index in [4.69, 9.17) is 15.8 Å². The van der Waals surface area contributed by atoms with Crippen LogP contribution in [0.1, 0.15) is 10.4 Å². The molecule has 0 unspecified atom stereocenters. The fraction of sp³-hybridized carbons (Fsp3) is 0.100. The summed E-state index contributed by atoms with van der Waals surface area (Å²) < 4.78 is 24.2. The van der Waals surface area contributed by atoms with Crippen molar-refractivity contribution in [1.29, 1.82) is 0 Å². The lowest BCUT2D eigenvalue weighted by Crippen LogP contribution is -1.96. The van der Waals surface area contributed by atoms with Crippen LogP contribution in [0.2, 0.25) is 0 Å². The topological polar surface area (TPSA) is 76.4 Å². The summed E-state index contributed by atoms with van der Waals surface area (Å²) in [5.41, 5.74) is 0.598. The van der Waals surface area contributed by atoms with Crippen molar-refractivity contribution in [3.63, 3.8) is 0 Å². The zero-order valence-corrected chi connectivity index (χ0v) is 10.3. The molecule has 0 amide bonds. The number of nitrogens with zero attached hydrogens (tertiary/aromatic N) is 1. The highest BCUT2D eigenvalue weighted by molar-refractivity contribution is 8.14. The molecule has 2 rings (SSSR count). The maximum Gasteiger partial charge on any atom is 0.335 e. The molecule has 1 aromatic heterocycles. The Balaban J connectivity index is 2.83. The Morgan fingerprint density at radius 2 is 2.06 bits per heavy atom. The summed E-state index contributed by atoms with van der Waals surface area (Å²) in [7, 11) is 3.08. The zero-order valence-electron chi connectivity index (χ0n) is 8.71. The third-order valence-electron chi connectivity index (χ3n) is 2.46. The molecule has 1 heterocycles. The normalized spacial score (nSPS) is 11.9. The van der Waals surface area contributed by atoms with E-state index in [0.29, 0.717) is 10.9 Å². The largest absolute Gasteiger partial charge is 0.478 e. The molecule has 0 fully saturated rings. The van der Waals surface area contributed by atoms with Crippen LogP contribution in [-0.4, -0.2) is 24.1 Å². The van der Waals surface area contributed by atoms with Crippen molar-refractivity contribution in [3.05, 3.63) is 30.0 Å². The number of aromatic nitrogens is 1. The third kappa shape index (κ3) is 2.01. The van der Waals surface area contributed by atoms with E-state index in [9.17, 15) is 13.2 Å². The SMILES string of the molecule is Cn1cc(S(=O)(=O)Cl)c2ccc(C(=O)O)cc21. The van der Waals surface area contributed by atoms with Crippen LogP contribution in [0.25, 0.3) is 10.9 Å². The molecule has 5 nitrogen and oxygen atoms in total. The van der Waals surface area contributed by atoms with E-state index >= 15 is 0 Å². The standard InChI is InChI=1S/C10H8ClNO4S/c1-12-5-9(17(11,15)16)7-3-2-6(10(13)14)4-8(7)12/h2-5H,1H3,(H,13,14). The van der Waals surface area contributed by atoms with Crippen LogP contribution < -0.4 is 0 Å².